The first-order valence-electron chi connectivity index (χ1n) is 6.88. The maximum absolute atomic E-state index is 12.4. The highest BCUT2D eigenvalue weighted by Gasteiger charge is 2.27. The summed E-state index contributed by atoms with van der Waals surface area (Å²) < 4.78 is 0. The summed E-state index contributed by atoms with van der Waals surface area (Å²) in [5.41, 5.74) is 8.43. The first kappa shape index (κ1) is 20.6. The number of hydrogen-bond donors (Lipinski definition) is 2. The van der Waals surface area contributed by atoms with E-state index in [-0.39, 0.29) is 42.2 Å². The SMILES string of the molecule is CC(C)(C)c1ncsc1C(=O)NC1CCC(N)CC1.Cl.Cl. The summed E-state index contributed by atoms with van der Waals surface area (Å²) in [6.07, 6.45) is 3.96. The van der Waals surface area contributed by atoms with E-state index in [1.807, 2.05) is 0 Å². The zero-order valence-electron chi connectivity index (χ0n) is 12.7. The molecule has 122 valence electrons. The molecule has 4 nitrogen and oxygen atoms in total. The fraction of sp³-hybridized carbons (Fsp3) is 0.714. The molecule has 1 amide bonds. The van der Waals surface area contributed by atoms with Gasteiger partial charge in [0.15, 0.2) is 0 Å². The Balaban J connectivity index is 0.00000200. The molecule has 1 saturated carbocycles. The van der Waals surface area contributed by atoms with E-state index in [4.69, 9.17) is 5.73 Å². The van der Waals surface area contributed by atoms with Crippen molar-refractivity contribution in [1.82, 2.24) is 10.3 Å². The second-order valence-electron chi connectivity index (χ2n) is 6.37. The molecule has 21 heavy (non-hydrogen) atoms. The largest absolute Gasteiger partial charge is 0.349 e. The number of nitrogens with two attached hydrogens (primary N) is 1. The van der Waals surface area contributed by atoms with Crippen LogP contribution in [0.2, 0.25) is 0 Å². The number of carbonyl (C=O) groups is 1. The molecule has 1 aromatic rings. The number of aromatic nitrogens is 1. The Bertz CT molecular complexity index is 451. The summed E-state index contributed by atoms with van der Waals surface area (Å²) in [4.78, 5) is 17.5. The second-order valence-corrected chi connectivity index (χ2v) is 7.22. The predicted molar refractivity (Wildman–Crippen MR) is 93.0 cm³/mol. The normalized spacial score (nSPS) is 21.9. The average Bonchev–Trinajstić information content (AvgIpc) is 2.81. The van der Waals surface area contributed by atoms with Crippen LogP contribution in [0.5, 0.6) is 0 Å². The number of nitrogens with one attached hydrogen (secondary N) is 1. The highest BCUT2D eigenvalue weighted by atomic mass is 35.5. The Labute approximate surface area is 143 Å². The molecule has 0 spiro atoms. The van der Waals surface area contributed by atoms with E-state index in [9.17, 15) is 4.79 Å². The van der Waals surface area contributed by atoms with Crippen LogP contribution in [0.1, 0.15) is 61.8 Å². The van der Waals surface area contributed by atoms with Gasteiger partial charge in [0.05, 0.1) is 11.2 Å². The van der Waals surface area contributed by atoms with Crippen LogP contribution in [0.15, 0.2) is 5.51 Å². The fourth-order valence-corrected chi connectivity index (χ4v) is 3.36. The molecule has 0 unspecified atom stereocenters. The van der Waals surface area contributed by atoms with E-state index in [2.05, 4.69) is 31.1 Å². The Kier molecular flexibility index (Phi) is 8.18. The lowest BCUT2D eigenvalue weighted by molar-refractivity contribution is 0.0927. The standard InChI is InChI=1S/C14H23N3OS.2ClH/c1-14(2,3)12-11(19-8-16-12)13(18)17-10-6-4-9(15)5-7-10;;/h8-10H,4-7,15H2,1-3H3,(H,17,18);2*1H. The van der Waals surface area contributed by atoms with Gasteiger partial charge in [-0.3, -0.25) is 4.79 Å². The van der Waals surface area contributed by atoms with E-state index in [1.54, 1.807) is 5.51 Å². The molecule has 0 aliphatic heterocycles. The van der Waals surface area contributed by atoms with Gasteiger partial charge in [-0.05, 0) is 25.7 Å². The third kappa shape index (κ3) is 5.40. The zero-order valence-corrected chi connectivity index (χ0v) is 15.2. The lowest BCUT2D eigenvalue weighted by Gasteiger charge is -2.27. The first-order chi connectivity index (χ1) is 8.88. The Morgan fingerprint density at radius 1 is 1.29 bits per heavy atom. The van der Waals surface area contributed by atoms with E-state index in [1.165, 1.54) is 11.3 Å². The molecule has 0 bridgehead atoms. The van der Waals surface area contributed by atoms with Crippen molar-refractivity contribution in [3.63, 3.8) is 0 Å². The molecule has 0 atom stereocenters. The smallest absolute Gasteiger partial charge is 0.263 e. The third-order valence-corrected chi connectivity index (χ3v) is 4.42. The molecule has 1 aliphatic carbocycles. The van der Waals surface area contributed by atoms with Crippen molar-refractivity contribution >= 4 is 42.1 Å². The summed E-state index contributed by atoms with van der Waals surface area (Å²) in [6, 6.07) is 0.573. The summed E-state index contributed by atoms with van der Waals surface area (Å²) in [5.74, 6) is 0.0212. The van der Waals surface area contributed by atoms with Gasteiger partial charge in [-0.25, -0.2) is 4.98 Å². The highest BCUT2D eigenvalue weighted by molar-refractivity contribution is 7.11. The molecule has 1 heterocycles. The molecule has 0 saturated heterocycles. The minimum atomic E-state index is -0.0956. The van der Waals surface area contributed by atoms with Crippen molar-refractivity contribution < 1.29 is 4.79 Å². The van der Waals surface area contributed by atoms with Gasteiger partial charge in [0, 0.05) is 17.5 Å². The molecule has 3 N–H and O–H groups in total. The molecule has 2 rings (SSSR count). The Morgan fingerprint density at radius 2 is 1.86 bits per heavy atom. The number of halogens is 2. The third-order valence-electron chi connectivity index (χ3n) is 3.59. The van der Waals surface area contributed by atoms with Gasteiger partial charge in [-0.1, -0.05) is 20.8 Å². The minimum Gasteiger partial charge on any atom is -0.349 e. The van der Waals surface area contributed by atoms with Gasteiger partial charge < -0.3 is 11.1 Å². The molecular formula is C14H25Cl2N3OS. The highest BCUT2D eigenvalue weighted by Crippen LogP contribution is 2.27. The fourth-order valence-electron chi connectivity index (χ4n) is 2.46. The van der Waals surface area contributed by atoms with Crippen LogP contribution in [-0.2, 0) is 5.41 Å². The van der Waals surface area contributed by atoms with Crippen molar-refractivity contribution in [3.05, 3.63) is 16.1 Å². The van der Waals surface area contributed by atoms with Crippen LogP contribution in [0.25, 0.3) is 0 Å². The molecule has 0 aromatic carbocycles. The van der Waals surface area contributed by atoms with E-state index >= 15 is 0 Å². The number of amides is 1. The lowest BCUT2D eigenvalue weighted by Crippen LogP contribution is -2.40. The van der Waals surface area contributed by atoms with Crippen LogP contribution in [-0.4, -0.2) is 23.0 Å². The van der Waals surface area contributed by atoms with Gasteiger partial charge in [0.2, 0.25) is 0 Å². The van der Waals surface area contributed by atoms with Gasteiger partial charge in [-0.2, -0.15) is 0 Å². The maximum atomic E-state index is 12.4. The number of nitrogens with zero attached hydrogens (tertiary/aromatic N) is 1. The molecule has 0 radical (unpaired) electrons. The van der Waals surface area contributed by atoms with Crippen LogP contribution in [0, 0.1) is 0 Å². The number of thiazole rings is 1. The second kappa shape index (κ2) is 8.32. The monoisotopic (exact) mass is 353 g/mol. The van der Waals surface area contributed by atoms with Crippen LogP contribution >= 0.6 is 36.2 Å². The van der Waals surface area contributed by atoms with E-state index < -0.39 is 0 Å². The number of hydrogen-bond acceptors (Lipinski definition) is 4. The van der Waals surface area contributed by atoms with Crippen molar-refractivity contribution in [2.45, 2.75) is 64.0 Å². The van der Waals surface area contributed by atoms with Crippen LogP contribution in [0.3, 0.4) is 0 Å². The van der Waals surface area contributed by atoms with Crippen molar-refractivity contribution in [1.29, 1.82) is 0 Å². The summed E-state index contributed by atoms with van der Waals surface area (Å²) in [7, 11) is 0. The van der Waals surface area contributed by atoms with Crippen molar-refractivity contribution in [2.75, 3.05) is 0 Å². The van der Waals surface area contributed by atoms with Crippen molar-refractivity contribution in [2.24, 2.45) is 5.73 Å². The van der Waals surface area contributed by atoms with Crippen molar-refractivity contribution in [3.8, 4) is 0 Å². The molecule has 1 aliphatic rings. The number of rotatable bonds is 2. The summed E-state index contributed by atoms with van der Waals surface area (Å²) in [5, 5.41) is 3.13. The summed E-state index contributed by atoms with van der Waals surface area (Å²) in [6.45, 7) is 6.25. The minimum absolute atomic E-state index is 0. The summed E-state index contributed by atoms with van der Waals surface area (Å²) >= 11 is 1.43. The average molecular weight is 354 g/mol. The van der Waals surface area contributed by atoms with E-state index in [0.29, 0.717) is 6.04 Å². The van der Waals surface area contributed by atoms with Gasteiger partial charge in [-0.15, -0.1) is 36.2 Å². The Morgan fingerprint density at radius 3 is 2.38 bits per heavy atom. The van der Waals surface area contributed by atoms with Gasteiger partial charge in [0.1, 0.15) is 4.88 Å². The number of carbonyl (C=O) groups excluding carboxylic acids is 1. The molecule has 7 heteroatoms. The lowest BCUT2D eigenvalue weighted by atomic mass is 9.90. The van der Waals surface area contributed by atoms with E-state index in [0.717, 1.165) is 36.3 Å². The quantitative estimate of drug-likeness (QED) is 0.856. The zero-order chi connectivity index (χ0) is 14.0. The predicted octanol–water partition coefficient (Wildman–Crippen LogP) is 3.28. The van der Waals surface area contributed by atoms with Crippen LogP contribution in [0.4, 0.5) is 0 Å². The van der Waals surface area contributed by atoms with Gasteiger partial charge >= 0.3 is 0 Å². The first-order valence-corrected chi connectivity index (χ1v) is 7.76. The molecule has 1 fully saturated rings. The molecular weight excluding hydrogens is 329 g/mol. The maximum Gasteiger partial charge on any atom is 0.263 e. The Hall–Kier alpha value is -0.360. The topological polar surface area (TPSA) is 68.0 Å². The van der Waals surface area contributed by atoms with Crippen LogP contribution < -0.4 is 11.1 Å². The molecule has 1 aromatic heterocycles. The van der Waals surface area contributed by atoms with Gasteiger partial charge in [0.25, 0.3) is 5.91 Å².